The molecule has 0 radical (unpaired) electrons. The van der Waals surface area contributed by atoms with Gasteiger partial charge in [-0.2, -0.15) is 0 Å². The number of carboxylic acid groups (broad SMARTS) is 1. The normalized spacial score (nSPS) is 18.2. The van der Waals surface area contributed by atoms with E-state index in [1.54, 1.807) is 4.68 Å². The summed E-state index contributed by atoms with van der Waals surface area (Å²) >= 11 is 1.46. The molecule has 5 rings (SSSR count). The smallest absolute Gasteiger partial charge is 0.327 e. The van der Waals surface area contributed by atoms with Crippen molar-refractivity contribution >= 4 is 17.7 Å². The Morgan fingerprint density at radius 1 is 1.19 bits per heavy atom. The number of aromatic nitrogens is 4. The van der Waals surface area contributed by atoms with Crippen LogP contribution in [0.15, 0.2) is 46.3 Å². The predicted molar refractivity (Wildman–Crippen MR) is 119 cm³/mol. The van der Waals surface area contributed by atoms with Crippen molar-refractivity contribution in [3.8, 4) is 16.9 Å². The fourth-order valence-corrected chi connectivity index (χ4v) is 5.47. The lowest BCUT2D eigenvalue weighted by Gasteiger charge is -2.19. The number of hydrogen-bond donors (Lipinski definition) is 1. The molecule has 0 amide bonds. The Morgan fingerprint density at radius 2 is 1.90 bits per heavy atom. The first-order valence-corrected chi connectivity index (χ1v) is 11.4. The number of carbonyl (C=O) groups is 1. The van der Waals surface area contributed by atoms with E-state index in [1.807, 2.05) is 18.3 Å². The molecule has 1 atom stereocenters. The van der Waals surface area contributed by atoms with E-state index >= 15 is 0 Å². The van der Waals surface area contributed by atoms with Crippen LogP contribution in [0.3, 0.4) is 0 Å². The number of hydrogen-bond acceptors (Lipinski definition) is 5. The second-order valence-corrected chi connectivity index (χ2v) is 10.3. The average molecular weight is 437 g/mol. The highest BCUT2D eigenvalue weighted by Crippen LogP contribution is 2.50. The molecular formula is C23H24N4O3S. The number of fused-ring (bicyclic) bond motifs is 1. The van der Waals surface area contributed by atoms with Gasteiger partial charge in [0.15, 0.2) is 0 Å². The third-order valence-corrected chi connectivity index (χ3v) is 7.14. The molecule has 31 heavy (non-hydrogen) atoms. The maximum Gasteiger partial charge on any atom is 0.327 e. The molecule has 2 aromatic heterocycles. The molecule has 1 saturated carbocycles. The number of benzene rings is 1. The van der Waals surface area contributed by atoms with Crippen LogP contribution in [0.1, 0.15) is 56.7 Å². The minimum Gasteiger partial charge on any atom is -0.480 e. The fraction of sp³-hybridized carbons (Fsp3) is 0.391. The SMILES string of the molecule is CC(C)(C)c1ccc(-n2cc(-c3cc(=O)n4c(c3C3CC3)SCC4C(=O)O)nn2)cc1. The first kappa shape index (κ1) is 20.1. The number of nitrogens with zero attached hydrogens (tertiary/aromatic N) is 4. The quantitative estimate of drug-likeness (QED) is 0.665. The summed E-state index contributed by atoms with van der Waals surface area (Å²) in [6.07, 6.45) is 3.93. The molecule has 160 valence electrons. The standard InChI is InChI=1S/C23H24N4O3S/c1-23(2,3)14-6-8-15(9-7-14)26-11-17(24-25-26)16-10-19(28)27-18(22(29)30)12-31-21(27)20(16)13-4-5-13/h6-11,13,18H,4-5,12H2,1-3H3,(H,29,30). The van der Waals surface area contributed by atoms with E-state index < -0.39 is 12.0 Å². The van der Waals surface area contributed by atoms with Crippen molar-refractivity contribution in [1.82, 2.24) is 19.6 Å². The van der Waals surface area contributed by atoms with Crippen LogP contribution < -0.4 is 5.56 Å². The second kappa shape index (κ2) is 7.09. The van der Waals surface area contributed by atoms with Crippen molar-refractivity contribution < 1.29 is 9.90 Å². The molecule has 1 aromatic carbocycles. The van der Waals surface area contributed by atoms with E-state index in [2.05, 4.69) is 43.2 Å². The molecule has 7 nitrogen and oxygen atoms in total. The zero-order valence-corrected chi connectivity index (χ0v) is 18.5. The maximum absolute atomic E-state index is 12.9. The first-order chi connectivity index (χ1) is 14.7. The lowest BCUT2D eigenvalue weighted by molar-refractivity contribution is -0.140. The summed E-state index contributed by atoms with van der Waals surface area (Å²) in [4.78, 5) is 24.5. The van der Waals surface area contributed by atoms with E-state index in [-0.39, 0.29) is 11.0 Å². The first-order valence-electron chi connectivity index (χ1n) is 10.4. The van der Waals surface area contributed by atoms with Crippen LogP contribution in [0.5, 0.6) is 0 Å². The number of thioether (sulfide) groups is 1. The number of carboxylic acids is 1. The van der Waals surface area contributed by atoms with Crippen LogP contribution in [0.25, 0.3) is 16.9 Å². The van der Waals surface area contributed by atoms with Gasteiger partial charge in [-0.3, -0.25) is 9.36 Å². The summed E-state index contributed by atoms with van der Waals surface area (Å²) in [5, 5.41) is 19.0. The molecule has 3 aromatic rings. The number of pyridine rings is 1. The van der Waals surface area contributed by atoms with Gasteiger partial charge in [0.05, 0.1) is 16.9 Å². The molecule has 1 aliphatic carbocycles. The summed E-state index contributed by atoms with van der Waals surface area (Å²) in [6, 6.07) is 8.96. The molecule has 0 saturated heterocycles. The zero-order valence-electron chi connectivity index (χ0n) is 17.7. The average Bonchev–Trinajstić information content (AvgIpc) is 3.25. The Balaban J connectivity index is 1.57. The van der Waals surface area contributed by atoms with E-state index in [0.29, 0.717) is 17.4 Å². The van der Waals surface area contributed by atoms with Crippen LogP contribution in [-0.4, -0.2) is 36.4 Å². The van der Waals surface area contributed by atoms with Gasteiger partial charge in [0.2, 0.25) is 0 Å². The summed E-state index contributed by atoms with van der Waals surface area (Å²) in [6.45, 7) is 6.52. The van der Waals surface area contributed by atoms with Gasteiger partial charge in [-0.25, -0.2) is 9.48 Å². The van der Waals surface area contributed by atoms with Crippen LogP contribution in [0.2, 0.25) is 0 Å². The van der Waals surface area contributed by atoms with Crippen LogP contribution in [-0.2, 0) is 10.2 Å². The van der Waals surface area contributed by atoms with Gasteiger partial charge in [-0.05, 0) is 47.4 Å². The second-order valence-electron chi connectivity index (χ2n) is 9.27. The highest BCUT2D eigenvalue weighted by Gasteiger charge is 2.38. The van der Waals surface area contributed by atoms with Crippen molar-refractivity contribution in [3.05, 3.63) is 58.0 Å². The van der Waals surface area contributed by atoms with Gasteiger partial charge >= 0.3 is 5.97 Å². The Labute approximate surface area is 184 Å². The third-order valence-electron chi connectivity index (χ3n) is 5.97. The molecule has 1 aliphatic heterocycles. The van der Waals surface area contributed by atoms with Gasteiger partial charge in [0.25, 0.3) is 5.56 Å². The van der Waals surface area contributed by atoms with Crippen molar-refractivity contribution in [2.75, 3.05) is 5.75 Å². The van der Waals surface area contributed by atoms with Gasteiger partial charge in [-0.1, -0.05) is 38.1 Å². The van der Waals surface area contributed by atoms with Gasteiger partial charge < -0.3 is 5.11 Å². The molecule has 0 spiro atoms. The van der Waals surface area contributed by atoms with E-state index in [4.69, 9.17) is 0 Å². The molecule has 3 heterocycles. The summed E-state index contributed by atoms with van der Waals surface area (Å²) in [5.74, 6) is -0.249. The van der Waals surface area contributed by atoms with Crippen LogP contribution in [0.4, 0.5) is 0 Å². The summed E-state index contributed by atoms with van der Waals surface area (Å²) in [5.41, 5.74) is 4.38. The molecule has 1 N–H and O–H groups in total. The predicted octanol–water partition coefficient (Wildman–Crippen LogP) is 4.00. The minimum absolute atomic E-state index is 0.0727. The molecule has 1 unspecified atom stereocenters. The zero-order chi connectivity index (χ0) is 21.9. The molecule has 2 aliphatic rings. The molecule has 1 fully saturated rings. The summed E-state index contributed by atoms with van der Waals surface area (Å²) < 4.78 is 3.16. The van der Waals surface area contributed by atoms with Gasteiger partial charge in [-0.15, -0.1) is 16.9 Å². The highest BCUT2D eigenvalue weighted by atomic mass is 32.2. The number of rotatable bonds is 4. The Hall–Kier alpha value is -2.87. The molecular weight excluding hydrogens is 412 g/mol. The maximum atomic E-state index is 12.9. The topological polar surface area (TPSA) is 90.0 Å². The van der Waals surface area contributed by atoms with Crippen molar-refractivity contribution in [2.45, 2.75) is 56.0 Å². The Morgan fingerprint density at radius 3 is 2.52 bits per heavy atom. The van der Waals surface area contributed by atoms with Crippen molar-refractivity contribution in [1.29, 1.82) is 0 Å². The number of aliphatic carboxylic acids is 1. The fourth-order valence-electron chi connectivity index (χ4n) is 4.08. The largest absolute Gasteiger partial charge is 0.480 e. The molecule has 0 bridgehead atoms. The summed E-state index contributed by atoms with van der Waals surface area (Å²) in [7, 11) is 0. The van der Waals surface area contributed by atoms with Crippen LogP contribution >= 0.6 is 11.8 Å². The van der Waals surface area contributed by atoms with Crippen molar-refractivity contribution in [3.63, 3.8) is 0 Å². The minimum atomic E-state index is -0.965. The highest BCUT2D eigenvalue weighted by molar-refractivity contribution is 7.99. The van der Waals surface area contributed by atoms with Gasteiger partial charge in [0.1, 0.15) is 11.7 Å². The lowest BCUT2D eigenvalue weighted by Crippen LogP contribution is -2.29. The Bertz CT molecular complexity index is 1230. The van der Waals surface area contributed by atoms with E-state index in [9.17, 15) is 14.7 Å². The van der Waals surface area contributed by atoms with Crippen molar-refractivity contribution in [2.24, 2.45) is 0 Å². The third kappa shape index (κ3) is 3.48. The molecule has 8 heteroatoms. The Kier molecular flexibility index (Phi) is 4.58. The van der Waals surface area contributed by atoms with Crippen LogP contribution in [0, 0.1) is 0 Å². The van der Waals surface area contributed by atoms with E-state index in [0.717, 1.165) is 34.7 Å². The van der Waals surface area contributed by atoms with E-state index in [1.165, 1.54) is 28.0 Å². The monoisotopic (exact) mass is 436 g/mol. The lowest BCUT2D eigenvalue weighted by atomic mass is 9.87. The van der Waals surface area contributed by atoms with Gasteiger partial charge in [0, 0.05) is 17.4 Å².